The Kier molecular flexibility index (Phi) is 6.13. The molecule has 0 radical (unpaired) electrons. The summed E-state index contributed by atoms with van der Waals surface area (Å²) in [6.45, 7) is 10.9. The van der Waals surface area contributed by atoms with Gasteiger partial charge in [0.15, 0.2) is 0 Å². The highest BCUT2D eigenvalue weighted by Crippen LogP contribution is 2.25. The van der Waals surface area contributed by atoms with E-state index in [2.05, 4.69) is 12.2 Å². The number of hydrogen-bond acceptors (Lipinski definition) is 3. The summed E-state index contributed by atoms with van der Waals surface area (Å²) in [5.41, 5.74) is -0.398. The Labute approximate surface area is 136 Å². The smallest absolute Gasteiger partial charge is 0.410 e. The molecular weight excluding hydrogens is 276 g/mol. The first-order chi connectivity index (χ1) is 10.3. The summed E-state index contributed by atoms with van der Waals surface area (Å²) in [4.78, 5) is 14.1. The van der Waals surface area contributed by atoms with Gasteiger partial charge in [0, 0.05) is 19.1 Å². The van der Waals surface area contributed by atoms with Crippen LogP contribution in [-0.2, 0) is 4.74 Å². The van der Waals surface area contributed by atoms with E-state index in [-0.39, 0.29) is 6.09 Å². The minimum atomic E-state index is -0.398. The molecule has 1 heterocycles. The number of ether oxygens (including phenoxy) is 1. The molecule has 4 heteroatoms. The Morgan fingerprint density at radius 2 is 2.05 bits per heavy atom. The number of amides is 1. The number of rotatable bonds is 4. The molecule has 1 aliphatic carbocycles. The van der Waals surface area contributed by atoms with Crippen molar-refractivity contribution in [2.45, 2.75) is 77.9 Å². The highest BCUT2D eigenvalue weighted by atomic mass is 16.6. The Hall–Kier alpha value is -0.770. The van der Waals surface area contributed by atoms with Crippen molar-refractivity contribution in [1.82, 2.24) is 10.2 Å². The monoisotopic (exact) mass is 310 g/mol. The van der Waals surface area contributed by atoms with Gasteiger partial charge in [0.05, 0.1) is 0 Å². The van der Waals surface area contributed by atoms with Crippen LogP contribution in [0.2, 0.25) is 0 Å². The minimum absolute atomic E-state index is 0.144. The SMILES string of the molecule is CC1CCC(NCCC2CCCN(C(=O)OC(C)(C)C)C2)C1. The van der Waals surface area contributed by atoms with Crippen LogP contribution in [0.3, 0.4) is 0 Å². The first-order valence-electron chi connectivity index (χ1n) is 9.05. The van der Waals surface area contributed by atoms with Crippen molar-refractivity contribution in [3.8, 4) is 0 Å². The van der Waals surface area contributed by atoms with Crippen LogP contribution in [-0.4, -0.2) is 42.3 Å². The summed E-state index contributed by atoms with van der Waals surface area (Å²) >= 11 is 0. The molecule has 1 N–H and O–H groups in total. The topological polar surface area (TPSA) is 41.6 Å². The summed E-state index contributed by atoms with van der Waals surface area (Å²) in [5, 5.41) is 3.71. The van der Waals surface area contributed by atoms with Crippen LogP contribution in [0.1, 0.15) is 66.2 Å². The van der Waals surface area contributed by atoms with Crippen molar-refractivity contribution < 1.29 is 9.53 Å². The van der Waals surface area contributed by atoms with E-state index in [1.807, 2.05) is 25.7 Å². The molecule has 0 aromatic carbocycles. The molecule has 128 valence electrons. The van der Waals surface area contributed by atoms with Gasteiger partial charge in [0.25, 0.3) is 0 Å². The first kappa shape index (κ1) is 17.6. The lowest BCUT2D eigenvalue weighted by atomic mass is 9.95. The van der Waals surface area contributed by atoms with Crippen LogP contribution in [0.25, 0.3) is 0 Å². The number of hydrogen-bond donors (Lipinski definition) is 1. The predicted octanol–water partition coefficient (Wildman–Crippen LogP) is 3.80. The second-order valence-corrected chi connectivity index (χ2v) is 8.29. The average molecular weight is 310 g/mol. The highest BCUT2D eigenvalue weighted by Gasteiger charge is 2.27. The number of nitrogens with one attached hydrogen (secondary N) is 1. The lowest BCUT2D eigenvalue weighted by molar-refractivity contribution is 0.0161. The molecule has 2 fully saturated rings. The van der Waals surface area contributed by atoms with Gasteiger partial charge >= 0.3 is 6.09 Å². The number of carbonyl (C=O) groups excluding carboxylic acids is 1. The van der Waals surface area contributed by atoms with Crippen molar-refractivity contribution in [2.75, 3.05) is 19.6 Å². The van der Waals surface area contributed by atoms with Crippen LogP contribution in [0, 0.1) is 11.8 Å². The molecule has 2 aliphatic rings. The number of piperidine rings is 1. The molecular formula is C18H34N2O2. The maximum Gasteiger partial charge on any atom is 0.410 e. The molecule has 3 atom stereocenters. The Morgan fingerprint density at radius 1 is 1.27 bits per heavy atom. The summed E-state index contributed by atoms with van der Waals surface area (Å²) in [5.74, 6) is 1.50. The van der Waals surface area contributed by atoms with E-state index < -0.39 is 5.60 Å². The largest absolute Gasteiger partial charge is 0.444 e. The van der Waals surface area contributed by atoms with Crippen molar-refractivity contribution in [3.63, 3.8) is 0 Å². The zero-order chi connectivity index (χ0) is 16.2. The van der Waals surface area contributed by atoms with Crippen LogP contribution >= 0.6 is 0 Å². The van der Waals surface area contributed by atoms with Crippen LogP contribution in [0.5, 0.6) is 0 Å². The fourth-order valence-corrected chi connectivity index (χ4v) is 3.68. The van der Waals surface area contributed by atoms with E-state index >= 15 is 0 Å². The van der Waals surface area contributed by atoms with Crippen LogP contribution < -0.4 is 5.32 Å². The van der Waals surface area contributed by atoms with E-state index in [4.69, 9.17) is 4.74 Å². The van der Waals surface area contributed by atoms with E-state index in [9.17, 15) is 4.79 Å². The van der Waals surface area contributed by atoms with Crippen LogP contribution in [0.4, 0.5) is 4.79 Å². The number of carbonyl (C=O) groups is 1. The normalized spacial score (nSPS) is 29.6. The molecule has 1 amide bonds. The zero-order valence-electron chi connectivity index (χ0n) is 14.9. The van der Waals surface area contributed by atoms with E-state index in [1.54, 1.807) is 0 Å². The predicted molar refractivity (Wildman–Crippen MR) is 90.0 cm³/mol. The van der Waals surface area contributed by atoms with Gasteiger partial charge in [0.2, 0.25) is 0 Å². The fraction of sp³-hybridized carbons (Fsp3) is 0.944. The maximum absolute atomic E-state index is 12.2. The third-order valence-electron chi connectivity index (χ3n) is 4.85. The second kappa shape index (κ2) is 7.67. The summed E-state index contributed by atoms with van der Waals surface area (Å²) in [7, 11) is 0. The Morgan fingerprint density at radius 3 is 2.68 bits per heavy atom. The molecule has 3 unspecified atom stereocenters. The van der Waals surface area contributed by atoms with Gasteiger partial charge in [0.1, 0.15) is 5.60 Å². The molecule has 0 bridgehead atoms. The quantitative estimate of drug-likeness (QED) is 0.858. The molecule has 0 aromatic heterocycles. The molecule has 22 heavy (non-hydrogen) atoms. The standard InChI is InChI=1S/C18H34N2O2/c1-14-7-8-16(12-14)19-10-9-15-6-5-11-20(13-15)17(21)22-18(2,3)4/h14-16,19H,5-13H2,1-4H3. The maximum atomic E-state index is 12.2. The van der Waals surface area contributed by atoms with Gasteiger partial charge in [-0.15, -0.1) is 0 Å². The summed E-state index contributed by atoms with van der Waals surface area (Å²) in [6.07, 6.45) is 7.39. The molecule has 0 aromatic rings. The first-order valence-corrected chi connectivity index (χ1v) is 9.05. The van der Waals surface area contributed by atoms with E-state index in [0.29, 0.717) is 5.92 Å². The number of nitrogens with zero attached hydrogens (tertiary/aromatic N) is 1. The molecule has 2 rings (SSSR count). The fourth-order valence-electron chi connectivity index (χ4n) is 3.68. The molecule has 4 nitrogen and oxygen atoms in total. The molecule has 0 spiro atoms. The Balaban J connectivity index is 1.68. The van der Waals surface area contributed by atoms with Crippen molar-refractivity contribution in [2.24, 2.45) is 11.8 Å². The van der Waals surface area contributed by atoms with Gasteiger partial charge in [-0.05, 0) is 77.7 Å². The van der Waals surface area contributed by atoms with Gasteiger partial charge in [-0.1, -0.05) is 6.92 Å². The van der Waals surface area contributed by atoms with Crippen LogP contribution in [0.15, 0.2) is 0 Å². The van der Waals surface area contributed by atoms with Gasteiger partial charge in [-0.3, -0.25) is 0 Å². The van der Waals surface area contributed by atoms with E-state index in [1.165, 1.54) is 32.1 Å². The van der Waals surface area contributed by atoms with Crippen molar-refractivity contribution in [3.05, 3.63) is 0 Å². The average Bonchev–Trinajstić information content (AvgIpc) is 2.83. The molecule has 1 saturated heterocycles. The van der Waals surface area contributed by atoms with E-state index in [0.717, 1.165) is 38.0 Å². The van der Waals surface area contributed by atoms with Gasteiger partial charge < -0.3 is 15.0 Å². The summed E-state index contributed by atoms with van der Waals surface area (Å²) < 4.78 is 5.49. The van der Waals surface area contributed by atoms with Gasteiger partial charge in [-0.25, -0.2) is 4.79 Å². The van der Waals surface area contributed by atoms with Gasteiger partial charge in [-0.2, -0.15) is 0 Å². The zero-order valence-corrected chi connectivity index (χ0v) is 14.9. The third-order valence-corrected chi connectivity index (χ3v) is 4.85. The second-order valence-electron chi connectivity index (χ2n) is 8.29. The third kappa shape index (κ3) is 5.79. The lowest BCUT2D eigenvalue weighted by Gasteiger charge is -2.34. The number of likely N-dealkylation sites (tertiary alicyclic amines) is 1. The highest BCUT2D eigenvalue weighted by molar-refractivity contribution is 5.68. The molecule has 1 saturated carbocycles. The Bertz CT molecular complexity index is 365. The van der Waals surface area contributed by atoms with Crippen molar-refractivity contribution in [1.29, 1.82) is 0 Å². The van der Waals surface area contributed by atoms with Crippen molar-refractivity contribution >= 4 is 6.09 Å². The lowest BCUT2D eigenvalue weighted by Crippen LogP contribution is -2.43. The minimum Gasteiger partial charge on any atom is -0.444 e. The molecule has 1 aliphatic heterocycles. The summed E-state index contributed by atoms with van der Waals surface area (Å²) in [6, 6.07) is 0.723.